The van der Waals surface area contributed by atoms with Crippen molar-refractivity contribution in [1.82, 2.24) is 0 Å². The summed E-state index contributed by atoms with van der Waals surface area (Å²) < 4.78 is 0. The van der Waals surface area contributed by atoms with Gasteiger partial charge in [0.1, 0.15) is 0 Å². The van der Waals surface area contributed by atoms with Crippen molar-refractivity contribution >= 4 is 11.4 Å². The molecule has 1 atom stereocenters. The van der Waals surface area contributed by atoms with Crippen LogP contribution in [0.15, 0.2) is 200 Å². The van der Waals surface area contributed by atoms with Crippen LogP contribution in [0.1, 0.15) is 42.9 Å². The molecule has 1 unspecified atom stereocenters. The number of benzene rings is 7. The Labute approximate surface area is 307 Å². The van der Waals surface area contributed by atoms with Crippen LogP contribution in [0, 0.1) is 0 Å². The summed E-state index contributed by atoms with van der Waals surface area (Å²) in [5.41, 5.74) is 17.7. The molecular formula is C51H41N. The Morgan fingerprint density at radius 1 is 0.462 bits per heavy atom. The van der Waals surface area contributed by atoms with Gasteiger partial charge >= 0.3 is 0 Å². The lowest BCUT2D eigenvalue weighted by molar-refractivity contribution is 0.660. The number of hydrogen-bond acceptors (Lipinski definition) is 1. The zero-order valence-electron chi connectivity index (χ0n) is 29.7. The zero-order chi connectivity index (χ0) is 35.1. The molecule has 0 radical (unpaired) electrons. The van der Waals surface area contributed by atoms with Gasteiger partial charge in [-0.25, -0.2) is 0 Å². The largest absolute Gasteiger partial charge is 0.311 e. The minimum Gasteiger partial charge on any atom is -0.311 e. The van der Waals surface area contributed by atoms with Crippen molar-refractivity contribution in [1.29, 1.82) is 0 Å². The van der Waals surface area contributed by atoms with Crippen molar-refractivity contribution in [3.05, 3.63) is 217 Å². The van der Waals surface area contributed by atoms with Crippen molar-refractivity contribution in [3.8, 4) is 44.5 Å². The van der Waals surface area contributed by atoms with E-state index in [1.165, 1.54) is 66.9 Å². The maximum absolute atomic E-state index is 2.40. The van der Waals surface area contributed by atoms with Gasteiger partial charge in [0.15, 0.2) is 0 Å². The Bertz CT molecular complexity index is 2410. The summed E-state index contributed by atoms with van der Waals surface area (Å²) in [6.45, 7) is 4.69. The van der Waals surface area contributed by atoms with Gasteiger partial charge in [0.25, 0.3) is 0 Å². The number of fused-ring (bicyclic) bond motifs is 3. The van der Waals surface area contributed by atoms with E-state index in [0.29, 0.717) is 5.92 Å². The minimum atomic E-state index is -0.00545. The standard InChI is InChI=1S/C51H41N/c1-51(2)49-16-10-9-15-47(49)48-34-27-43(35-50(48)51)42-19-17-38(18-20-42)41-25-32-46(33-26-41)52(44-28-21-39(22-29-44)36-11-5-3-6-12-36)45-30-23-40(24-31-45)37-13-7-4-8-14-37/h3-23,25-35,40H,24H2,1-2H3. The number of allylic oxidation sites excluding steroid dienone is 3. The average Bonchev–Trinajstić information content (AvgIpc) is 3.45. The predicted molar refractivity (Wildman–Crippen MR) is 220 cm³/mol. The van der Waals surface area contributed by atoms with Crippen molar-refractivity contribution in [2.24, 2.45) is 0 Å². The molecule has 0 amide bonds. The summed E-state index contributed by atoms with van der Waals surface area (Å²) in [6, 6.07) is 64.2. The number of nitrogens with zero attached hydrogens (tertiary/aromatic N) is 1. The Morgan fingerprint density at radius 3 is 1.54 bits per heavy atom. The lowest BCUT2D eigenvalue weighted by Gasteiger charge is -2.29. The van der Waals surface area contributed by atoms with E-state index in [9.17, 15) is 0 Å². The molecule has 250 valence electrons. The summed E-state index contributed by atoms with van der Waals surface area (Å²) in [7, 11) is 0. The molecule has 7 aromatic carbocycles. The maximum Gasteiger partial charge on any atom is 0.0461 e. The molecule has 2 aliphatic rings. The molecular weight excluding hydrogens is 627 g/mol. The lowest BCUT2D eigenvalue weighted by atomic mass is 9.81. The Morgan fingerprint density at radius 2 is 0.942 bits per heavy atom. The van der Waals surface area contributed by atoms with E-state index in [0.717, 1.165) is 17.8 Å². The molecule has 0 fully saturated rings. The van der Waals surface area contributed by atoms with Gasteiger partial charge in [-0.15, -0.1) is 0 Å². The molecule has 0 aliphatic heterocycles. The van der Waals surface area contributed by atoms with Gasteiger partial charge in [0.2, 0.25) is 0 Å². The van der Waals surface area contributed by atoms with E-state index >= 15 is 0 Å². The third kappa shape index (κ3) is 5.79. The van der Waals surface area contributed by atoms with Gasteiger partial charge in [-0.2, -0.15) is 0 Å². The topological polar surface area (TPSA) is 3.24 Å². The number of hydrogen-bond donors (Lipinski definition) is 0. The Kier molecular flexibility index (Phi) is 8.05. The van der Waals surface area contributed by atoms with Crippen molar-refractivity contribution in [2.45, 2.75) is 31.6 Å². The third-order valence-electron chi connectivity index (χ3n) is 11.1. The van der Waals surface area contributed by atoms with Crippen LogP contribution in [0.3, 0.4) is 0 Å². The van der Waals surface area contributed by atoms with Crippen LogP contribution in [0.25, 0.3) is 44.5 Å². The number of rotatable bonds is 7. The van der Waals surface area contributed by atoms with Crippen molar-refractivity contribution in [2.75, 3.05) is 4.90 Å². The van der Waals surface area contributed by atoms with Gasteiger partial charge < -0.3 is 4.90 Å². The molecule has 9 rings (SSSR count). The third-order valence-corrected chi connectivity index (χ3v) is 11.1. The highest BCUT2D eigenvalue weighted by molar-refractivity contribution is 5.84. The second-order valence-corrected chi connectivity index (χ2v) is 14.5. The molecule has 52 heavy (non-hydrogen) atoms. The van der Waals surface area contributed by atoms with Crippen LogP contribution in [-0.2, 0) is 5.41 Å². The zero-order valence-corrected chi connectivity index (χ0v) is 29.7. The van der Waals surface area contributed by atoms with Crippen molar-refractivity contribution in [3.63, 3.8) is 0 Å². The fourth-order valence-corrected chi connectivity index (χ4v) is 8.15. The summed E-state index contributed by atoms with van der Waals surface area (Å²) in [6.07, 6.45) is 7.99. The van der Waals surface area contributed by atoms with E-state index in [4.69, 9.17) is 0 Å². The Balaban J connectivity index is 0.994. The second kappa shape index (κ2) is 13.2. The summed E-state index contributed by atoms with van der Waals surface area (Å²) in [5.74, 6) is 0.386. The van der Waals surface area contributed by atoms with Crippen molar-refractivity contribution < 1.29 is 0 Å². The average molecular weight is 668 g/mol. The maximum atomic E-state index is 2.40. The van der Waals surface area contributed by atoms with Crippen LogP contribution >= 0.6 is 0 Å². The van der Waals surface area contributed by atoms with E-state index < -0.39 is 0 Å². The Hall–Kier alpha value is -6.18. The fraction of sp³-hybridized carbons (Fsp3) is 0.0980. The van der Waals surface area contributed by atoms with Gasteiger partial charge in [0.05, 0.1) is 0 Å². The van der Waals surface area contributed by atoms with Gasteiger partial charge in [0, 0.05) is 28.4 Å². The molecule has 2 aliphatic carbocycles. The first-order valence-electron chi connectivity index (χ1n) is 18.4. The van der Waals surface area contributed by atoms with E-state index in [1.807, 2.05) is 0 Å². The second-order valence-electron chi connectivity index (χ2n) is 14.5. The van der Waals surface area contributed by atoms with Gasteiger partial charge in [-0.3, -0.25) is 0 Å². The predicted octanol–water partition coefficient (Wildman–Crippen LogP) is 13.8. The first-order valence-corrected chi connectivity index (χ1v) is 18.4. The monoisotopic (exact) mass is 667 g/mol. The normalized spacial score (nSPS) is 15.4. The molecule has 0 spiro atoms. The molecule has 1 heteroatoms. The molecule has 0 saturated heterocycles. The smallest absolute Gasteiger partial charge is 0.0461 e. The van der Waals surface area contributed by atoms with Crippen LogP contribution in [0.5, 0.6) is 0 Å². The van der Waals surface area contributed by atoms with E-state index in [-0.39, 0.29) is 5.41 Å². The van der Waals surface area contributed by atoms with Crippen LogP contribution < -0.4 is 4.90 Å². The SMILES string of the molecule is CC1(C)c2ccccc2-c2ccc(-c3ccc(-c4ccc(N(C5=CCC(c6ccccc6)C=C5)c5ccc(-c6ccccc6)cc5)cc4)cc3)cc21. The molecule has 0 saturated carbocycles. The minimum absolute atomic E-state index is 0.00545. The molecule has 0 bridgehead atoms. The first-order chi connectivity index (χ1) is 25.5. The highest BCUT2D eigenvalue weighted by Crippen LogP contribution is 2.49. The highest BCUT2D eigenvalue weighted by Gasteiger charge is 2.35. The highest BCUT2D eigenvalue weighted by atomic mass is 15.1. The van der Waals surface area contributed by atoms with Gasteiger partial charge in [-0.1, -0.05) is 172 Å². The van der Waals surface area contributed by atoms with E-state index in [1.54, 1.807) is 0 Å². The van der Waals surface area contributed by atoms with E-state index in [2.05, 4.69) is 213 Å². The summed E-state index contributed by atoms with van der Waals surface area (Å²) >= 11 is 0. The fourth-order valence-electron chi connectivity index (χ4n) is 8.15. The molecule has 0 aromatic heterocycles. The quantitative estimate of drug-likeness (QED) is 0.164. The molecule has 7 aromatic rings. The molecule has 1 nitrogen and oxygen atoms in total. The van der Waals surface area contributed by atoms with Gasteiger partial charge in [-0.05, 0) is 104 Å². The molecule has 0 N–H and O–H groups in total. The lowest BCUT2D eigenvalue weighted by Crippen LogP contribution is -2.17. The van der Waals surface area contributed by atoms with Crippen LogP contribution in [0.2, 0.25) is 0 Å². The number of anilines is 2. The van der Waals surface area contributed by atoms with Crippen LogP contribution in [0.4, 0.5) is 11.4 Å². The van der Waals surface area contributed by atoms with Crippen LogP contribution in [-0.4, -0.2) is 0 Å². The summed E-state index contributed by atoms with van der Waals surface area (Å²) in [5, 5.41) is 0. The first kappa shape index (κ1) is 31.8. The summed E-state index contributed by atoms with van der Waals surface area (Å²) in [4.78, 5) is 2.38. The molecule has 0 heterocycles.